The molecule has 0 heterocycles. The number of benzene rings is 1. The van der Waals surface area contributed by atoms with E-state index in [1.165, 1.54) is 0 Å². The van der Waals surface area contributed by atoms with Gasteiger partial charge in [0.05, 0.1) is 13.0 Å². The van der Waals surface area contributed by atoms with Crippen molar-refractivity contribution in [1.82, 2.24) is 10.6 Å². The van der Waals surface area contributed by atoms with Crippen LogP contribution in [0.1, 0.15) is 11.1 Å². The van der Waals surface area contributed by atoms with Gasteiger partial charge >= 0.3 is 0 Å². The lowest BCUT2D eigenvalue weighted by molar-refractivity contribution is -0.120. The summed E-state index contributed by atoms with van der Waals surface area (Å²) in [5.74, 6) is 0.0674. The fourth-order valence-electron chi connectivity index (χ4n) is 1.63. The summed E-state index contributed by atoms with van der Waals surface area (Å²) < 4.78 is 4.91. The number of nitrogens with one attached hydrogen (secondary N) is 2. The third-order valence-electron chi connectivity index (χ3n) is 2.72. The van der Waals surface area contributed by atoms with Crippen LogP contribution in [0, 0.1) is 6.92 Å². The molecular formula is C14H22N2O2. The van der Waals surface area contributed by atoms with Gasteiger partial charge in [-0.2, -0.15) is 0 Å². The van der Waals surface area contributed by atoms with Crippen LogP contribution < -0.4 is 10.6 Å². The molecule has 1 amide bonds. The van der Waals surface area contributed by atoms with Gasteiger partial charge in [-0.05, 0) is 18.1 Å². The first-order valence-corrected chi connectivity index (χ1v) is 6.25. The Morgan fingerprint density at radius 1 is 1.22 bits per heavy atom. The highest BCUT2D eigenvalue weighted by Crippen LogP contribution is 2.07. The van der Waals surface area contributed by atoms with Gasteiger partial charge in [-0.15, -0.1) is 0 Å². The highest BCUT2D eigenvalue weighted by Gasteiger charge is 2.04. The molecule has 0 atom stereocenters. The predicted octanol–water partition coefficient (Wildman–Crippen LogP) is 0.890. The van der Waals surface area contributed by atoms with E-state index in [1.54, 1.807) is 7.11 Å². The lowest BCUT2D eigenvalue weighted by Crippen LogP contribution is -2.33. The van der Waals surface area contributed by atoms with E-state index >= 15 is 0 Å². The number of rotatable bonds is 8. The molecular weight excluding hydrogens is 228 g/mol. The zero-order valence-corrected chi connectivity index (χ0v) is 11.2. The second kappa shape index (κ2) is 8.66. The van der Waals surface area contributed by atoms with Crippen LogP contribution in [-0.2, 0) is 16.0 Å². The molecule has 100 valence electrons. The van der Waals surface area contributed by atoms with Crippen LogP contribution in [0.3, 0.4) is 0 Å². The van der Waals surface area contributed by atoms with E-state index in [4.69, 9.17) is 4.74 Å². The Morgan fingerprint density at radius 2 is 2.00 bits per heavy atom. The van der Waals surface area contributed by atoms with Crippen molar-refractivity contribution in [3.63, 3.8) is 0 Å². The monoisotopic (exact) mass is 250 g/mol. The lowest BCUT2D eigenvalue weighted by atomic mass is 10.1. The Hall–Kier alpha value is -1.39. The van der Waals surface area contributed by atoms with Crippen LogP contribution >= 0.6 is 0 Å². The fourth-order valence-corrected chi connectivity index (χ4v) is 1.63. The van der Waals surface area contributed by atoms with Crippen molar-refractivity contribution in [3.05, 3.63) is 35.4 Å². The third-order valence-corrected chi connectivity index (χ3v) is 2.72. The van der Waals surface area contributed by atoms with Crippen molar-refractivity contribution in [2.24, 2.45) is 0 Å². The first kappa shape index (κ1) is 14.7. The maximum atomic E-state index is 11.7. The molecule has 1 aromatic carbocycles. The van der Waals surface area contributed by atoms with Gasteiger partial charge in [0, 0.05) is 26.7 Å². The van der Waals surface area contributed by atoms with Gasteiger partial charge in [0.1, 0.15) is 0 Å². The van der Waals surface area contributed by atoms with Crippen LogP contribution in [0.25, 0.3) is 0 Å². The molecule has 18 heavy (non-hydrogen) atoms. The normalized spacial score (nSPS) is 10.3. The van der Waals surface area contributed by atoms with E-state index in [0.717, 1.165) is 24.2 Å². The second-order valence-electron chi connectivity index (χ2n) is 4.20. The van der Waals surface area contributed by atoms with Crippen LogP contribution in [-0.4, -0.2) is 39.3 Å². The molecule has 0 radical (unpaired) electrons. The number of amides is 1. The number of hydrogen-bond acceptors (Lipinski definition) is 3. The number of carbonyl (C=O) groups excluding carboxylic acids is 1. The first-order chi connectivity index (χ1) is 8.74. The third kappa shape index (κ3) is 5.80. The zero-order chi connectivity index (χ0) is 13.2. The number of methoxy groups -OCH3 is 1. The summed E-state index contributed by atoms with van der Waals surface area (Å²) in [7, 11) is 1.67. The summed E-state index contributed by atoms with van der Waals surface area (Å²) in [6, 6.07) is 7.96. The summed E-state index contributed by atoms with van der Waals surface area (Å²) in [6.45, 7) is 4.94. The molecule has 0 aliphatic carbocycles. The smallest absolute Gasteiger partial charge is 0.224 e. The standard InChI is InChI=1S/C14H22N2O2/c1-12-5-3-4-6-13(12)11-14(17)16-8-7-15-9-10-18-2/h3-6,15H,7-11H2,1-2H3,(H,16,17). The van der Waals surface area contributed by atoms with E-state index in [9.17, 15) is 4.79 Å². The molecule has 0 aliphatic heterocycles. The van der Waals surface area contributed by atoms with Gasteiger partial charge in [0.2, 0.25) is 5.91 Å². The Kier molecular flexibility index (Phi) is 7.06. The molecule has 1 rings (SSSR count). The summed E-state index contributed by atoms with van der Waals surface area (Å²) in [4.78, 5) is 11.7. The Labute approximate surface area is 109 Å². The molecule has 0 saturated carbocycles. The maximum absolute atomic E-state index is 11.7. The summed E-state index contributed by atoms with van der Waals surface area (Å²) in [5, 5.41) is 6.07. The van der Waals surface area contributed by atoms with Crippen molar-refractivity contribution in [1.29, 1.82) is 0 Å². The molecule has 0 unspecified atom stereocenters. The van der Waals surface area contributed by atoms with Crippen LogP contribution in [0.2, 0.25) is 0 Å². The summed E-state index contributed by atoms with van der Waals surface area (Å²) in [6.07, 6.45) is 0.449. The summed E-state index contributed by atoms with van der Waals surface area (Å²) in [5.41, 5.74) is 2.24. The molecule has 0 fully saturated rings. The number of carbonyl (C=O) groups is 1. The minimum atomic E-state index is 0.0674. The molecule has 0 aliphatic rings. The number of aryl methyl sites for hydroxylation is 1. The van der Waals surface area contributed by atoms with Crippen LogP contribution in [0.4, 0.5) is 0 Å². The van der Waals surface area contributed by atoms with Crippen LogP contribution in [0.15, 0.2) is 24.3 Å². The molecule has 0 spiro atoms. The van der Waals surface area contributed by atoms with Gasteiger partial charge in [-0.25, -0.2) is 0 Å². The van der Waals surface area contributed by atoms with Gasteiger partial charge < -0.3 is 15.4 Å². The molecule has 4 nitrogen and oxygen atoms in total. The highest BCUT2D eigenvalue weighted by atomic mass is 16.5. The minimum absolute atomic E-state index is 0.0674. The average molecular weight is 250 g/mol. The van der Waals surface area contributed by atoms with E-state index in [1.807, 2.05) is 31.2 Å². The molecule has 4 heteroatoms. The largest absolute Gasteiger partial charge is 0.383 e. The van der Waals surface area contributed by atoms with Crippen molar-refractivity contribution in [3.8, 4) is 0 Å². The van der Waals surface area contributed by atoms with Gasteiger partial charge in [0.25, 0.3) is 0 Å². The van der Waals surface area contributed by atoms with Gasteiger partial charge in [0.15, 0.2) is 0 Å². The number of hydrogen-bond donors (Lipinski definition) is 2. The van der Waals surface area contributed by atoms with Crippen molar-refractivity contribution < 1.29 is 9.53 Å². The van der Waals surface area contributed by atoms with Gasteiger partial charge in [-0.1, -0.05) is 24.3 Å². The van der Waals surface area contributed by atoms with Crippen molar-refractivity contribution >= 4 is 5.91 Å². The van der Waals surface area contributed by atoms with Crippen molar-refractivity contribution in [2.45, 2.75) is 13.3 Å². The molecule has 1 aromatic rings. The first-order valence-electron chi connectivity index (χ1n) is 6.25. The van der Waals surface area contributed by atoms with E-state index < -0.39 is 0 Å². The topological polar surface area (TPSA) is 50.4 Å². The fraction of sp³-hybridized carbons (Fsp3) is 0.500. The minimum Gasteiger partial charge on any atom is -0.383 e. The van der Waals surface area contributed by atoms with E-state index in [0.29, 0.717) is 19.6 Å². The Balaban J connectivity index is 2.16. The lowest BCUT2D eigenvalue weighted by Gasteiger charge is -2.08. The molecule has 0 saturated heterocycles. The average Bonchev–Trinajstić information content (AvgIpc) is 2.36. The van der Waals surface area contributed by atoms with Crippen molar-refractivity contribution in [2.75, 3.05) is 33.4 Å². The quantitative estimate of drug-likeness (QED) is 0.674. The highest BCUT2D eigenvalue weighted by molar-refractivity contribution is 5.78. The Bertz CT molecular complexity index is 367. The Morgan fingerprint density at radius 3 is 2.72 bits per heavy atom. The van der Waals surface area contributed by atoms with Gasteiger partial charge in [-0.3, -0.25) is 4.79 Å². The van der Waals surface area contributed by atoms with E-state index in [-0.39, 0.29) is 5.91 Å². The van der Waals surface area contributed by atoms with Crippen LogP contribution in [0.5, 0.6) is 0 Å². The molecule has 2 N–H and O–H groups in total. The number of ether oxygens (including phenoxy) is 1. The zero-order valence-electron chi connectivity index (χ0n) is 11.2. The SMILES string of the molecule is COCCNCCNC(=O)Cc1ccccc1C. The summed E-state index contributed by atoms with van der Waals surface area (Å²) >= 11 is 0. The molecule has 0 bridgehead atoms. The predicted molar refractivity (Wildman–Crippen MR) is 72.6 cm³/mol. The van der Waals surface area contributed by atoms with E-state index in [2.05, 4.69) is 10.6 Å². The maximum Gasteiger partial charge on any atom is 0.224 e. The second-order valence-corrected chi connectivity index (χ2v) is 4.20. The molecule has 0 aromatic heterocycles.